The predicted molar refractivity (Wildman–Crippen MR) is 106 cm³/mol. The van der Waals surface area contributed by atoms with E-state index in [2.05, 4.69) is 18.2 Å². The van der Waals surface area contributed by atoms with Crippen LogP contribution in [0, 0.1) is 69.4 Å². The summed E-state index contributed by atoms with van der Waals surface area (Å²) in [6.45, 7) is 7.90. The van der Waals surface area contributed by atoms with Crippen molar-refractivity contribution in [3.8, 4) is 22.3 Å². The fourth-order valence-corrected chi connectivity index (χ4v) is 4.23. The summed E-state index contributed by atoms with van der Waals surface area (Å²) in [5, 5.41) is 0. The zero-order valence-corrected chi connectivity index (χ0v) is 20.9. The molecule has 3 rings (SSSR count). The minimum Gasteiger partial charge on any atom is -0.142 e. The maximum Gasteiger partial charge on any atom is 0.310 e. The number of hydrogen-bond donors (Lipinski definition) is 0. The molecule has 0 aromatic heterocycles. The zero-order valence-electron chi connectivity index (χ0n) is 16.5. The van der Waals surface area contributed by atoms with E-state index in [-0.39, 0.29) is 35.6 Å². The SMILES string of the molecule is Cc1cc(C)c(-c2c[c-]c(-c3ccc(S(F)(F)(F)(F)F)cc3)c(C)c2)c(C)c1.[La]. The molecule has 153 valence electrons. The van der Waals surface area contributed by atoms with E-state index >= 15 is 0 Å². The number of rotatable bonds is 3. The molecule has 0 atom stereocenters. The topological polar surface area (TPSA) is 0 Å². The Bertz CT molecular complexity index is 1050. The summed E-state index contributed by atoms with van der Waals surface area (Å²) in [4.78, 5) is -1.89. The Morgan fingerprint density at radius 2 is 1.21 bits per heavy atom. The monoisotopic (exact) mass is 550 g/mol. The molecule has 0 amide bonds. The fourth-order valence-electron chi connectivity index (χ4n) is 3.58. The second-order valence-electron chi connectivity index (χ2n) is 7.21. The van der Waals surface area contributed by atoms with Gasteiger partial charge in [0.1, 0.15) is 4.90 Å². The van der Waals surface area contributed by atoms with Crippen LogP contribution in [0.15, 0.2) is 53.4 Å². The van der Waals surface area contributed by atoms with Gasteiger partial charge in [-0.1, -0.05) is 84.0 Å². The minimum absolute atomic E-state index is 0. The van der Waals surface area contributed by atoms with Gasteiger partial charge in [0.05, 0.1) is 0 Å². The van der Waals surface area contributed by atoms with Gasteiger partial charge in [-0.2, -0.15) is 0 Å². The van der Waals surface area contributed by atoms with Gasteiger partial charge in [0, 0.05) is 35.6 Å². The van der Waals surface area contributed by atoms with E-state index in [1.54, 1.807) is 6.07 Å². The van der Waals surface area contributed by atoms with Gasteiger partial charge in [-0.15, -0.1) is 29.3 Å². The molecule has 0 spiro atoms. The molecule has 0 aliphatic rings. The maximum absolute atomic E-state index is 12.9. The van der Waals surface area contributed by atoms with Gasteiger partial charge in [0.15, 0.2) is 0 Å². The van der Waals surface area contributed by atoms with E-state index in [0.29, 0.717) is 23.3 Å². The van der Waals surface area contributed by atoms with Crippen molar-refractivity contribution in [2.75, 3.05) is 0 Å². The molecule has 0 saturated carbocycles. The van der Waals surface area contributed by atoms with Crippen LogP contribution in [-0.2, 0) is 0 Å². The molecular weight excluding hydrogens is 530 g/mol. The summed E-state index contributed by atoms with van der Waals surface area (Å²) in [6.07, 6.45) is 0. The van der Waals surface area contributed by atoms with Crippen molar-refractivity contribution >= 4 is 10.2 Å². The molecule has 29 heavy (non-hydrogen) atoms. The van der Waals surface area contributed by atoms with Gasteiger partial charge < -0.3 is 0 Å². The molecular formula is C22H20F5LaS-. The van der Waals surface area contributed by atoms with Crippen molar-refractivity contribution < 1.29 is 55.0 Å². The van der Waals surface area contributed by atoms with Crippen LogP contribution < -0.4 is 0 Å². The first-order chi connectivity index (χ1) is 12.7. The fraction of sp³-hybridized carbons (Fsp3) is 0.182. The van der Waals surface area contributed by atoms with Crippen LogP contribution in [0.3, 0.4) is 0 Å². The Kier molecular flexibility index (Phi) is 6.01. The first-order valence-corrected chi connectivity index (χ1v) is 10.6. The Morgan fingerprint density at radius 1 is 0.690 bits per heavy atom. The van der Waals surface area contributed by atoms with Crippen LogP contribution in [0.4, 0.5) is 19.4 Å². The Morgan fingerprint density at radius 3 is 1.66 bits per heavy atom. The summed E-state index contributed by atoms with van der Waals surface area (Å²) in [5.41, 5.74) is 7.26. The van der Waals surface area contributed by atoms with Crippen LogP contribution in [0.25, 0.3) is 22.3 Å². The molecule has 0 unspecified atom stereocenters. The number of aryl methyl sites for hydroxylation is 4. The normalized spacial score (nSPS) is 14.0. The van der Waals surface area contributed by atoms with E-state index in [4.69, 9.17) is 0 Å². The second-order valence-corrected chi connectivity index (χ2v) is 9.62. The van der Waals surface area contributed by atoms with Crippen molar-refractivity contribution in [3.05, 3.63) is 76.9 Å². The van der Waals surface area contributed by atoms with Crippen LogP contribution in [0.5, 0.6) is 0 Å². The molecule has 0 saturated heterocycles. The van der Waals surface area contributed by atoms with Gasteiger partial charge in [-0.25, -0.2) is 0 Å². The number of benzene rings is 3. The maximum atomic E-state index is 12.9. The molecule has 0 heterocycles. The molecule has 0 bridgehead atoms. The van der Waals surface area contributed by atoms with E-state index < -0.39 is 15.1 Å². The zero-order chi connectivity index (χ0) is 21.0. The van der Waals surface area contributed by atoms with E-state index in [1.807, 2.05) is 33.8 Å². The summed E-state index contributed by atoms with van der Waals surface area (Å²) < 4.78 is 64.5. The molecule has 1 radical (unpaired) electrons. The third kappa shape index (κ3) is 5.32. The third-order valence-electron chi connectivity index (χ3n) is 4.69. The minimum atomic E-state index is -9.66. The van der Waals surface area contributed by atoms with Crippen LogP contribution in [0.2, 0.25) is 0 Å². The van der Waals surface area contributed by atoms with Crippen molar-refractivity contribution in [2.24, 2.45) is 0 Å². The summed E-state index contributed by atoms with van der Waals surface area (Å²) >= 11 is 0. The van der Waals surface area contributed by atoms with Gasteiger partial charge >= 0.3 is 10.2 Å². The van der Waals surface area contributed by atoms with Crippen LogP contribution >= 0.6 is 10.2 Å². The molecule has 7 heteroatoms. The van der Waals surface area contributed by atoms with Crippen molar-refractivity contribution in [2.45, 2.75) is 32.6 Å². The second kappa shape index (κ2) is 7.22. The van der Waals surface area contributed by atoms with Gasteiger partial charge in [-0.05, 0) is 32.9 Å². The average molecular weight is 550 g/mol. The first kappa shape index (κ1) is 24.1. The smallest absolute Gasteiger partial charge is 0.142 e. The molecule has 0 N–H and O–H groups in total. The summed E-state index contributed by atoms with van der Waals surface area (Å²) in [6, 6.07) is 14.0. The van der Waals surface area contributed by atoms with E-state index in [1.165, 1.54) is 5.56 Å². The molecule has 0 fully saturated rings. The number of hydrogen-bond acceptors (Lipinski definition) is 0. The first-order valence-electron chi connectivity index (χ1n) is 8.61. The standard InChI is InChI=1S/C22H20F5S.La/c1-14-11-16(3)22(17(4)12-14)19-7-10-21(15(2)13-19)18-5-8-20(9-6-18)28(23,24,25,26)27;/h5-9,11-13H,1-4H3;/q-1;. The van der Waals surface area contributed by atoms with Gasteiger partial charge in [0.25, 0.3) is 0 Å². The predicted octanol–water partition coefficient (Wildman–Crippen LogP) is 8.71. The quantitative estimate of drug-likeness (QED) is 0.226. The van der Waals surface area contributed by atoms with Gasteiger partial charge in [0.2, 0.25) is 0 Å². The third-order valence-corrected chi connectivity index (χ3v) is 5.86. The molecule has 3 aromatic rings. The van der Waals surface area contributed by atoms with Crippen LogP contribution in [0.1, 0.15) is 22.3 Å². The van der Waals surface area contributed by atoms with E-state index in [9.17, 15) is 19.4 Å². The summed E-state index contributed by atoms with van der Waals surface area (Å²) in [5.74, 6) is 0. The molecule has 0 nitrogen and oxygen atoms in total. The van der Waals surface area contributed by atoms with Crippen molar-refractivity contribution in [3.63, 3.8) is 0 Å². The van der Waals surface area contributed by atoms with E-state index in [0.717, 1.165) is 39.9 Å². The Hall–Kier alpha value is -1.15. The average Bonchev–Trinajstić information content (AvgIpc) is 2.52. The Labute approximate surface area is 195 Å². The van der Waals surface area contributed by atoms with Gasteiger partial charge in [-0.3, -0.25) is 0 Å². The molecule has 0 aliphatic carbocycles. The Balaban J connectivity index is 0.00000300. The van der Waals surface area contributed by atoms with Crippen molar-refractivity contribution in [1.82, 2.24) is 0 Å². The molecule has 0 aliphatic heterocycles. The molecule has 3 aromatic carbocycles. The van der Waals surface area contributed by atoms with Crippen LogP contribution in [-0.4, -0.2) is 0 Å². The number of halogens is 5. The largest absolute Gasteiger partial charge is 0.310 e. The summed E-state index contributed by atoms with van der Waals surface area (Å²) in [7, 11) is -9.66. The van der Waals surface area contributed by atoms with Crippen molar-refractivity contribution in [1.29, 1.82) is 0 Å².